The number of benzene rings is 1. The first kappa shape index (κ1) is 21.2. The lowest BCUT2D eigenvalue weighted by Crippen LogP contribution is -2.31. The molecule has 3 rings (SSSR count). The summed E-state index contributed by atoms with van der Waals surface area (Å²) in [6.45, 7) is -0.950. The second-order valence-corrected chi connectivity index (χ2v) is 6.89. The highest BCUT2D eigenvalue weighted by Gasteiger charge is 2.22. The third-order valence-electron chi connectivity index (χ3n) is 3.54. The van der Waals surface area contributed by atoms with Crippen molar-refractivity contribution < 1.29 is 37.8 Å². The molecule has 29 heavy (non-hydrogen) atoms. The normalized spacial score (nSPS) is 12.0. The van der Waals surface area contributed by atoms with E-state index < -0.39 is 42.1 Å². The van der Waals surface area contributed by atoms with Crippen LogP contribution in [0.25, 0.3) is 11.0 Å². The molecule has 0 saturated heterocycles. The first-order chi connectivity index (χ1) is 13.9. The lowest BCUT2D eigenvalue weighted by Gasteiger charge is -2.11. The highest BCUT2D eigenvalue weighted by atomic mass is 127. The zero-order valence-electron chi connectivity index (χ0n) is 14.5. The van der Waals surface area contributed by atoms with Gasteiger partial charge in [-0.3, -0.25) is 9.82 Å². The Labute approximate surface area is 175 Å². The highest BCUT2D eigenvalue weighted by molar-refractivity contribution is 14.1. The van der Waals surface area contributed by atoms with Gasteiger partial charge in [0.15, 0.2) is 11.6 Å². The minimum Gasteiger partial charge on any atom is -0.424 e. The average molecular weight is 521 g/mol. The maximum atomic E-state index is 14.2. The number of fused-ring (bicyclic) bond motifs is 1. The minimum absolute atomic E-state index is 0.0300. The summed E-state index contributed by atoms with van der Waals surface area (Å²) in [5.74, 6) is -2.11. The van der Waals surface area contributed by atoms with Gasteiger partial charge in [0.25, 0.3) is 0 Å². The number of nitrogens with zero attached hydrogens (tertiary/aromatic N) is 1. The molecule has 0 spiro atoms. The summed E-state index contributed by atoms with van der Waals surface area (Å²) < 4.78 is 39.2. The molecular weight excluding hydrogens is 507 g/mol. The van der Waals surface area contributed by atoms with Crippen LogP contribution < -0.4 is 15.5 Å². The van der Waals surface area contributed by atoms with E-state index in [4.69, 9.17) is 19.4 Å². The maximum Gasteiger partial charge on any atom is 0.439 e. The van der Waals surface area contributed by atoms with E-state index in [9.17, 15) is 13.6 Å². The van der Waals surface area contributed by atoms with E-state index in [1.807, 2.05) is 5.48 Å². The Bertz CT molecular complexity index is 1010. The molecule has 1 atom stereocenters. The molecule has 0 aliphatic rings. The molecule has 9 nitrogen and oxygen atoms in total. The van der Waals surface area contributed by atoms with Gasteiger partial charge in [0.1, 0.15) is 29.7 Å². The number of halogens is 3. The topological polar surface area (TPSA) is 126 Å². The third-order valence-corrected chi connectivity index (χ3v) is 4.16. The largest absolute Gasteiger partial charge is 0.439 e. The summed E-state index contributed by atoms with van der Waals surface area (Å²) in [4.78, 5) is 20.5. The van der Waals surface area contributed by atoms with Crippen molar-refractivity contribution in [2.45, 2.75) is 6.10 Å². The number of anilines is 2. The van der Waals surface area contributed by atoms with E-state index in [1.54, 1.807) is 22.6 Å². The number of carbonyl (C=O) groups is 1. The van der Waals surface area contributed by atoms with Crippen molar-refractivity contribution in [3.8, 4) is 5.95 Å². The smallest absolute Gasteiger partial charge is 0.424 e. The molecule has 0 saturated carbocycles. The lowest BCUT2D eigenvalue weighted by atomic mass is 10.2. The minimum atomic E-state index is -1.20. The monoisotopic (exact) mass is 521 g/mol. The van der Waals surface area contributed by atoms with Crippen molar-refractivity contribution in [1.29, 1.82) is 0 Å². The van der Waals surface area contributed by atoms with Gasteiger partial charge in [-0.25, -0.2) is 13.6 Å². The summed E-state index contributed by atoms with van der Waals surface area (Å²) in [5, 5.41) is 20.7. The highest BCUT2D eigenvalue weighted by Crippen LogP contribution is 2.39. The van der Waals surface area contributed by atoms with E-state index in [0.29, 0.717) is 8.96 Å². The SMILES string of the molecule is O=C(NOC[C@H](O)CO)Oc1oc2ccncc2c1Nc1c(F)cc(I)cc1F. The van der Waals surface area contributed by atoms with E-state index in [1.165, 1.54) is 18.5 Å². The number of hydrogen-bond donors (Lipinski definition) is 4. The predicted molar refractivity (Wildman–Crippen MR) is 105 cm³/mol. The Morgan fingerprint density at radius 2 is 2.03 bits per heavy atom. The van der Waals surface area contributed by atoms with Gasteiger partial charge < -0.3 is 24.7 Å². The molecule has 12 heteroatoms. The zero-order chi connectivity index (χ0) is 21.0. The Kier molecular flexibility index (Phi) is 6.79. The number of aliphatic hydroxyl groups is 2. The lowest BCUT2D eigenvalue weighted by molar-refractivity contribution is -0.0297. The zero-order valence-corrected chi connectivity index (χ0v) is 16.6. The predicted octanol–water partition coefficient (Wildman–Crippen LogP) is 2.83. The van der Waals surface area contributed by atoms with Gasteiger partial charge in [-0.05, 0) is 40.8 Å². The number of carbonyl (C=O) groups excluding carboxylic acids is 1. The number of amides is 1. The molecule has 2 heterocycles. The molecule has 0 bridgehead atoms. The van der Waals surface area contributed by atoms with Crippen LogP contribution in [0.4, 0.5) is 25.0 Å². The fraction of sp³-hybridized carbons (Fsp3) is 0.176. The summed E-state index contributed by atoms with van der Waals surface area (Å²) in [5.41, 5.74) is 1.62. The van der Waals surface area contributed by atoms with Crippen LogP contribution in [-0.2, 0) is 4.84 Å². The molecule has 1 aromatic carbocycles. The van der Waals surface area contributed by atoms with Crippen molar-refractivity contribution in [1.82, 2.24) is 10.5 Å². The van der Waals surface area contributed by atoms with Gasteiger partial charge >= 0.3 is 12.0 Å². The van der Waals surface area contributed by atoms with Crippen LogP contribution in [0.15, 0.2) is 35.0 Å². The number of pyridine rings is 1. The molecule has 3 aromatic rings. The van der Waals surface area contributed by atoms with E-state index in [0.717, 1.165) is 12.1 Å². The number of nitrogens with one attached hydrogen (secondary N) is 2. The standard InChI is InChI=1S/C17H14F2IN3O6/c18-11-3-8(20)4-12(19)15(11)22-14-10-5-21-2-1-13(10)28-16(14)29-17(26)23-27-7-9(25)6-24/h1-5,9,22,24-25H,6-7H2,(H,23,26)/t9-/m1/s1. The van der Waals surface area contributed by atoms with E-state index in [-0.39, 0.29) is 17.9 Å². The second-order valence-electron chi connectivity index (χ2n) is 5.64. The van der Waals surface area contributed by atoms with Crippen LogP contribution in [0.1, 0.15) is 0 Å². The fourth-order valence-electron chi connectivity index (χ4n) is 2.25. The number of hydrogen-bond acceptors (Lipinski definition) is 8. The van der Waals surface area contributed by atoms with Gasteiger partial charge in [0.05, 0.1) is 12.0 Å². The number of hydroxylamine groups is 1. The van der Waals surface area contributed by atoms with Crippen LogP contribution in [0.2, 0.25) is 0 Å². The molecular formula is C17H14F2IN3O6. The average Bonchev–Trinajstić information content (AvgIpc) is 3.01. The first-order valence-corrected chi connectivity index (χ1v) is 9.13. The van der Waals surface area contributed by atoms with E-state index in [2.05, 4.69) is 15.1 Å². The maximum absolute atomic E-state index is 14.2. The van der Waals surface area contributed by atoms with Crippen molar-refractivity contribution in [3.63, 3.8) is 0 Å². The Morgan fingerprint density at radius 3 is 2.72 bits per heavy atom. The second kappa shape index (κ2) is 9.30. The summed E-state index contributed by atoms with van der Waals surface area (Å²) >= 11 is 1.77. The third kappa shape index (κ3) is 5.09. The van der Waals surface area contributed by atoms with Crippen molar-refractivity contribution in [2.24, 2.45) is 0 Å². The summed E-state index contributed by atoms with van der Waals surface area (Å²) in [6, 6.07) is 3.72. The van der Waals surface area contributed by atoms with Gasteiger partial charge in [0, 0.05) is 16.0 Å². The molecule has 154 valence electrons. The Hall–Kier alpha value is -2.55. The Morgan fingerprint density at radius 1 is 1.31 bits per heavy atom. The van der Waals surface area contributed by atoms with Gasteiger partial charge in [-0.1, -0.05) is 0 Å². The molecule has 1 amide bonds. The number of aliphatic hydroxyl groups excluding tert-OH is 2. The summed E-state index contributed by atoms with van der Waals surface area (Å²) in [6.07, 6.45) is 0.457. The van der Waals surface area contributed by atoms with E-state index >= 15 is 0 Å². The molecule has 2 aromatic heterocycles. The van der Waals surface area contributed by atoms with Crippen LogP contribution in [0.3, 0.4) is 0 Å². The molecule has 4 N–H and O–H groups in total. The van der Waals surface area contributed by atoms with Crippen molar-refractivity contribution >= 4 is 51.0 Å². The van der Waals surface area contributed by atoms with Gasteiger partial charge in [0.2, 0.25) is 0 Å². The quantitative estimate of drug-likeness (QED) is 0.277. The molecule has 0 fully saturated rings. The van der Waals surface area contributed by atoms with Gasteiger partial charge in [-0.2, -0.15) is 5.48 Å². The fourth-order valence-corrected chi connectivity index (χ4v) is 2.80. The number of ether oxygens (including phenoxy) is 1. The number of rotatable bonds is 7. The van der Waals surface area contributed by atoms with Crippen molar-refractivity contribution in [3.05, 3.63) is 45.8 Å². The Balaban J connectivity index is 1.86. The summed E-state index contributed by atoms with van der Waals surface area (Å²) in [7, 11) is 0. The molecule has 0 unspecified atom stereocenters. The van der Waals surface area contributed by atoms with Crippen LogP contribution >= 0.6 is 22.6 Å². The first-order valence-electron chi connectivity index (χ1n) is 8.05. The van der Waals surface area contributed by atoms with Gasteiger partial charge in [-0.15, -0.1) is 0 Å². The van der Waals surface area contributed by atoms with Crippen LogP contribution in [0, 0.1) is 15.2 Å². The van der Waals surface area contributed by atoms with Crippen LogP contribution in [0.5, 0.6) is 5.95 Å². The molecule has 0 aliphatic carbocycles. The molecule has 0 aliphatic heterocycles. The number of furan rings is 1. The molecule has 0 radical (unpaired) electrons. The number of aromatic nitrogens is 1. The van der Waals surface area contributed by atoms with Crippen molar-refractivity contribution in [2.75, 3.05) is 18.5 Å². The van der Waals surface area contributed by atoms with Crippen LogP contribution in [-0.4, -0.2) is 40.6 Å².